The number of nitrogen functional groups attached to an aromatic ring is 1. The van der Waals surface area contributed by atoms with E-state index in [0.29, 0.717) is 23.0 Å². The molecule has 1 heterocycles. The molecule has 2 aromatic rings. The van der Waals surface area contributed by atoms with Gasteiger partial charge in [0.15, 0.2) is 0 Å². The number of anilines is 1. The Hall–Kier alpha value is -2.08. The van der Waals surface area contributed by atoms with Crippen molar-refractivity contribution in [1.29, 1.82) is 0 Å². The first-order valence-corrected chi connectivity index (χ1v) is 6.75. The predicted molar refractivity (Wildman–Crippen MR) is 77.6 cm³/mol. The number of hydrogen-bond donors (Lipinski definition) is 1. The molecule has 0 atom stereocenters. The molecule has 0 saturated heterocycles. The number of ether oxygens (including phenoxy) is 1. The minimum Gasteiger partial charge on any atom is -0.455 e. The second-order valence-corrected chi connectivity index (χ2v) is 4.86. The van der Waals surface area contributed by atoms with E-state index in [1.807, 2.05) is 6.92 Å². The minimum atomic E-state index is -0.773. The average Bonchev–Trinajstić information content (AvgIpc) is 2.71. The molecular weight excluding hydrogens is 297 g/mol. The van der Waals surface area contributed by atoms with Gasteiger partial charge >= 0.3 is 5.97 Å². The van der Waals surface area contributed by atoms with Crippen LogP contribution in [-0.4, -0.2) is 15.7 Å². The topological polar surface area (TPSA) is 70.1 Å². The second kappa shape index (κ2) is 6.13. The van der Waals surface area contributed by atoms with Gasteiger partial charge in [-0.25, -0.2) is 9.18 Å². The SMILES string of the molecule is CCn1nc(C)c(Cl)c1COC(=O)c1ccc(N)cc1F. The molecule has 0 aliphatic rings. The van der Waals surface area contributed by atoms with Crippen LogP contribution in [0.5, 0.6) is 0 Å². The largest absolute Gasteiger partial charge is 0.455 e. The molecule has 7 heteroatoms. The van der Waals surface area contributed by atoms with E-state index in [2.05, 4.69) is 5.10 Å². The highest BCUT2D eigenvalue weighted by atomic mass is 35.5. The molecule has 5 nitrogen and oxygen atoms in total. The van der Waals surface area contributed by atoms with E-state index in [0.717, 1.165) is 6.07 Å². The maximum absolute atomic E-state index is 13.6. The molecule has 1 aromatic carbocycles. The van der Waals surface area contributed by atoms with Gasteiger partial charge in [-0.1, -0.05) is 11.6 Å². The van der Waals surface area contributed by atoms with Gasteiger partial charge in [0.2, 0.25) is 0 Å². The molecule has 0 unspecified atom stereocenters. The van der Waals surface area contributed by atoms with E-state index < -0.39 is 11.8 Å². The first-order valence-electron chi connectivity index (χ1n) is 6.38. The molecule has 0 aliphatic carbocycles. The highest BCUT2D eigenvalue weighted by Gasteiger charge is 2.17. The van der Waals surface area contributed by atoms with Gasteiger partial charge in [0.05, 0.1) is 22.0 Å². The highest BCUT2D eigenvalue weighted by Crippen LogP contribution is 2.22. The molecule has 2 N–H and O–H groups in total. The first kappa shape index (κ1) is 15.3. The molecule has 1 aromatic heterocycles. The van der Waals surface area contributed by atoms with E-state index >= 15 is 0 Å². The van der Waals surface area contributed by atoms with Gasteiger partial charge in [-0.2, -0.15) is 5.10 Å². The van der Waals surface area contributed by atoms with Gasteiger partial charge in [0, 0.05) is 12.2 Å². The van der Waals surface area contributed by atoms with E-state index in [9.17, 15) is 9.18 Å². The standard InChI is InChI=1S/C14H15ClFN3O2/c1-3-19-12(13(15)8(2)18-19)7-21-14(20)10-5-4-9(17)6-11(10)16/h4-6H,3,7,17H2,1-2H3. The molecule has 0 saturated carbocycles. The van der Waals surface area contributed by atoms with E-state index in [1.165, 1.54) is 12.1 Å². The summed E-state index contributed by atoms with van der Waals surface area (Å²) in [5, 5.41) is 4.66. The molecular formula is C14H15ClFN3O2. The fraction of sp³-hybridized carbons (Fsp3) is 0.286. The lowest BCUT2D eigenvalue weighted by Crippen LogP contribution is -2.11. The first-order chi connectivity index (χ1) is 9.93. The number of rotatable bonds is 4. The summed E-state index contributed by atoms with van der Waals surface area (Å²) in [4.78, 5) is 11.9. The van der Waals surface area contributed by atoms with Gasteiger partial charge in [-0.3, -0.25) is 4.68 Å². The van der Waals surface area contributed by atoms with Crippen molar-refractivity contribution in [3.63, 3.8) is 0 Å². The number of carbonyl (C=O) groups excluding carboxylic acids is 1. The van der Waals surface area contributed by atoms with E-state index in [-0.39, 0.29) is 17.9 Å². The molecule has 0 radical (unpaired) electrons. The Kier molecular flexibility index (Phi) is 4.47. The normalized spacial score (nSPS) is 10.7. The number of halogens is 2. The quantitative estimate of drug-likeness (QED) is 0.696. The third-order valence-corrected chi connectivity index (χ3v) is 3.50. The van der Waals surface area contributed by atoms with Crippen LogP contribution in [0, 0.1) is 12.7 Å². The zero-order valence-corrected chi connectivity index (χ0v) is 12.4. The molecule has 112 valence electrons. The van der Waals surface area contributed by atoms with Crippen molar-refractivity contribution in [2.45, 2.75) is 27.0 Å². The van der Waals surface area contributed by atoms with Gasteiger partial charge in [0.25, 0.3) is 0 Å². The Labute approximate surface area is 126 Å². The Morgan fingerprint density at radius 3 is 2.86 bits per heavy atom. The van der Waals surface area contributed by atoms with Crippen molar-refractivity contribution in [2.75, 3.05) is 5.73 Å². The van der Waals surface area contributed by atoms with Gasteiger partial charge in [-0.05, 0) is 32.0 Å². The molecule has 0 spiro atoms. The second-order valence-electron chi connectivity index (χ2n) is 4.48. The fourth-order valence-electron chi connectivity index (χ4n) is 1.92. The van der Waals surface area contributed by atoms with Gasteiger partial charge in [0.1, 0.15) is 12.4 Å². The zero-order valence-electron chi connectivity index (χ0n) is 11.7. The predicted octanol–water partition coefficient (Wildman–Crippen LogP) is 2.94. The fourth-order valence-corrected chi connectivity index (χ4v) is 2.11. The monoisotopic (exact) mass is 311 g/mol. The van der Waals surface area contributed by atoms with Crippen LogP contribution in [0.15, 0.2) is 18.2 Å². The Morgan fingerprint density at radius 1 is 1.52 bits per heavy atom. The molecule has 2 rings (SSSR count). The number of hydrogen-bond acceptors (Lipinski definition) is 4. The smallest absolute Gasteiger partial charge is 0.341 e. The van der Waals surface area contributed by atoms with Crippen molar-refractivity contribution in [1.82, 2.24) is 9.78 Å². The van der Waals surface area contributed by atoms with Crippen LogP contribution in [-0.2, 0) is 17.9 Å². The molecule has 0 bridgehead atoms. The van der Waals surface area contributed by atoms with Crippen LogP contribution < -0.4 is 5.73 Å². The minimum absolute atomic E-state index is 0.0733. The average molecular weight is 312 g/mol. The maximum Gasteiger partial charge on any atom is 0.341 e. The maximum atomic E-state index is 13.6. The molecule has 0 amide bonds. The summed E-state index contributed by atoms with van der Waals surface area (Å²) < 4.78 is 20.4. The van der Waals surface area contributed by atoms with Gasteiger partial charge in [-0.15, -0.1) is 0 Å². The molecule has 21 heavy (non-hydrogen) atoms. The Morgan fingerprint density at radius 2 is 2.24 bits per heavy atom. The van der Waals surface area contributed by atoms with Crippen molar-refractivity contribution in [3.8, 4) is 0 Å². The summed E-state index contributed by atoms with van der Waals surface area (Å²) >= 11 is 6.11. The summed E-state index contributed by atoms with van der Waals surface area (Å²) in [7, 11) is 0. The number of nitrogens with two attached hydrogens (primary N) is 1. The molecule has 0 fully saturated rings. The number of aryl methyl sites for hydroxylation is 2. The van der Waals surface area contributed by atoms with Crippen LogP contribution in [0.3, 0.4) is 0 Å². The van der Waals surface area contributed by atoms with Crippen molar-refractivity contribution >= 4 is 23.3 Å². The Balaban J connectivity index is 2.14. The lowest BCUT2D eigenvalue weighted by atomic mass is 10.2. The van der Waals surface area contributed by atoms with Crippen molar-refractivity contribution < 1.29 is 13.9 Å². The van der Waals surface area contributed by atoms with E-state index in [4.69, 9.17) is 22.1 Å². The number of esters is 1. The summed E-state index contributed by atoms with van der Waals surface area (Å²) in [6, 6.07) is 3.80. The Bertz CT molecular complexity index is 685. The van der Waals surface area contributed by atoms with Crippen molar-refractivity contribution in [2.24, 2.45) is 0 Å². The third-order valence-electron chi connectivity index (χ3n) is 3.01. The van der Waals surface area contributed by atoms with Crippen LogP contribution in [0.1, 0.15) is 28.7 Å². The number of carbonyl (C=O) groups is 1. The zero-order chi connectivity index (χ0) is 15.6. The number of nitrogens with zero attached hydrogens (tertiary/aromatic N) is 2. The molecule has 0 aliphatic heterocycles. The van der Waals surface area contributed by atoms with Crippen LogP contribution in [0.25, 0.3) is 0 Å². The number of benzene rings is 1. The van der Waals surface area contributed by atoms with Gasteiger partial charge < -0.3 is 10.5 Å². The highest BCUT2D eigenvalue weighted by molar-refractivity contribution is 6.31. The summed E-state index contributed by atoms with van der Waals surface area (Å²) in [5.74, 6) is -1.49. The summed E-state index contributed by atoms with van der Waals surface area (Å²) in [6.45, 7) is 4.18. The van der Waals surface area contributed by atoms with E-state index in [1.54, 1.807) is 11.6 Å². The van der Waals surface area contributed by atoms with Crippen molar-refractivity contribution in [3.05, 3.63) is 46.0 Å². The lowest BCUT2D eigenvalue weighted by molar-refractivity contribution is 0.0457. The van der Waals surface area contributed by atoms with Crippen LogP contribution in [0.4, 0.5) is 10.1 Å². The number of aromatic nitrogens is 2. The summed E-state index contributed by atoms with van der Waals surface area (Å²) in [6.07, 6.45) is 0. The summed E-state index contributed by atoms with van der Waals surface area (Å²) in [5.41, 5.74) is 6.75. The third kappa shape index (κ3) is 3.16. The lowest BCUT2D eigenvalue weighted by Gasteiger charge is -2.08. The van der Waals surface area contributed by atoms with Crippen LogP contribution in [0.2, 0.25) is 5.02 Å². The van der Waals surface area contributed by atoms with Crippen LogP contribution >= 0.6 is 11.6 Å².